The second kappa shape index (κ2) is 10.4. The minimum absolute atomic E-state index is 0.244. The summed E-state index contributed by atoms with van der Waals surface area (Å²) in [5.74, 6) is -3.28. The number of ether oxygens (including phenoxy) is 1. The molecule has 2 aromatic carbocycles. The third kappa shape index (κ3) is 5.98. The number of amides is 2. The molecule has 0 aliphatic carbocycles. The van der Waals surface area contributed by atoms with Gasteiger partial charge in [-0.2, -0.15) is 5.16 Å². The molecule has 1 unspecified atom stereocenters. The second-order valence-electron chi connectivity index (χ2n) is 8.66. The number of nitrogens with zero attached hydrogens (tertiary/aromatic N) is 1. The molecule has 1 heterocycles. The van der Waals surface area contributed by atoms with Gasteiger partial charge in [0.15, 0.2) is 0 Å². The number of aromatic amines is 1. The number of likely N-dealkylation sites (N-methyl/N-ethyl adjacent to an activating group) is 1. The maximum absolute atomic E-state index is 14.8. The average molecular weight is 508 g/mol. The van der Waals surface area contributed by atoms with E-state index in [0.717, 1.165) is 28.7 Å². The van der Waals surface area contributed by atoms with Gasteiger partial charge in [-0.05, 0) is 36.0 Å². The minimum atomic E-state index is -1.55. The molecule has 2 N–H and O–H groups in total. The number of hydrogen-bond donors (Lipinski definition) is 2. The standard InChI is InChI=1S/C24H27F2N3O5S/c1-29(24(32)19-12-21(30)28-34-19)22(15-8-6-14(7-9-15)13-33-2)23(31)27-18-10-17(26)20(11-16(18)25)35(3,4)5/h6-12,22H,13H2,1-5H3,(H,27,31)(H,28,30). The highest BCUT2D eigenvalue weighted by Gasteiger charge is 2.32. The molecule has 0 fully saturated rings. The van der Waals surface area contributed by atoms with E-state index >= 15 is 0 Å². The van der Waals surface area contributed by atoms with E-state index < -0.39 is 45.1 Å². The van der Waals surface area contributed by atoms with Crippen molar-refractivity contribution in [2.75, 3.05) is 38.2 Å². The summed E-state index contributed by atoms with van der Waals surface area (Å²) in [6.45, 7) is 0.340. The maximum Gasteiger partial charge on any atom is 0.293 e. The van der Waals surface area contributed by atoms with E-state index in [1.54, 1.807) is 31.4 Å². The van der Waals surface area contributed by atoms with Crippen molar-refractivity contribution in [2.24, 2.45) is 0 Å². The molecule has 0 bridgehead atoms. The number of nitrogens with one attached hydrogen (secondary N) is 2. The summed E-state index contributed by atoms with van der Waals surface area (Å²) < 4.78 is 39.5. The maximum atomic E-state index is 14.8. The quantitative estimate of drug-likeness (QED) is 0.481. The summed E-state index contributed by atoms with van der Waals surface area (Å²) in [6.07, 6.45) is 5.48. The molecule has 0 radical (unpaired) electrons. The predicted molar refractivity (Wildman–Crippen MR) is 130 cm³/mol. The number of aromatic nitrogens is 1. The molecule has 1 aromatic heterocycles. The van der Waals surface area contributed by atoms with E-state index in [0.29, 0.717) is 12.2 Å². The highest BCUT2D eigenvalue weighted by molar-refractivity contribution is 8.32. The molecule has 0 spiro atoms. The number of H-pyrrole nitrogens is 1. The van der Waals surface area contributed by atoms with Crippen molar-refractivity contribution in [3.63, 3.8) is 0 Å². The molecule has 1 atom stereocenters. The minimum Gasteiger partial charge on any atom is -0.380 e. The zero-order valence-corrected chi connectivity index (χ0v) is 20.8. The SMILES string of the molecule is COCc1ccc(C(C(=O)Nc2cc(F)c(S(C)(C)C)cc2F)N(C)C(=O)c2cc(=O)[nH]o2)cc1. The van der Waals surface area contributed by atoms with Gasteiger partial charge in [-0.3, -0.25) is 14.4 Å². The van der Waals surface area contributed by atoms with Crippen LogP contribution in [0.1, 0.15) is 27.7 Å². The molecule has 8 nitrogen and oxygen atoms in total. The Morgan fingerprint density at radius 3 is 2.31 bits per heavy atom. The smallest absolute Gasteiger partial charge is 0.293 e. The molecule has 2 amide bonds. The summed E-state index contributed by atoms with van der Waals surface area (Å²) in [4.78, 5) is 39.0. The van der Waals surface area contributed by atoms with Crippen LogP contribution in [0.5, 0.6) is 0 Å². The normalized spacial score (nSPS) is 12.8. The van der Waals surface area contributed by atoms with Crippen molar-refractivity contribution in [3.8, 4) is 0 Å². The predicted octanol–water partition coefficient (Wildman–Crippen LogP) is 3.90. The molecular formula is C24H27F2N3O5S. The van der Waals surface area contributed by atoms with Crippen LogP contribution in [0.2, 0.25) is 0 Å². The fourth-order valence-electron chi connectivity index (χ4n) is 3.49. The van der Waals surface area contributed by atoms with E-state index in [1.165, 1.54) is 7.05 Å². The highest BCUT2D eigenvalue weighted by atomic mass is 32.3. The highest BCUT2D eigenvalue weighted by Crippen LogP contribution is 2.47. The average Bonchev–Trinajstić information content (AvgIpc) is 3.22. The fourth-order valence-corrected chi connectivity index (χ4v) is 4.59. The Kier molecular flexibility index (Phi) is 7.81. The van der Waals surface area contributed by atoms with Gasteiger partial charge in [0, 0.05) is 25.1 Å². The van der Waals surface area contributed by atoms with Crippen molar-refractivity contribution in [1.82, 2.24) is 10.1 Å². The molecule has 11 heteroatoms. The number of rotatable bonds is 8. The monoisotopic (exact) mass is 507 g/mol. The topological polar surface area (TPSA) is 105 Å². The molecule has 188 valence electrons. The lowest BCUT2D eigenvalue weighted by molar-refractivity contribution is -0.120. The molecule has 35 heavy (non-hydrogen) atoms. The van der Waals surface area contributed by atoms with Crippen LogP contribution < -0.4 is 10.9 Å². The first kappa shape index (κ1) is 26.2. The number of benzene rings is 2. The third-order valence-corrected chi connectivity index (χ3v) is 6.87. The van der Waals surface area contributed by atoms with Gasteiger partial charge in [0.25, 0.3) is 17.4 Å². The lowest BCUT2D eigenvalue weighted by Gasteiger charge is -2.28. The van der Waals surface area contributed by atoms with E-state index in [1.807, 2.05) is 23.9 Å². The molecule has 0 saturated heterocycles. The number of carbonyl (C=O) groups excluding carboxylic acids is 2. The Morgan fingerprint density at radius 1 is 1.11 bits per heavy atom. The van der Waals surface area contributed by atoms with Gasteiger partial charge in [0.2, 0.25) is 5.76 Å². The van der Waals surface area contributed by atoms with Crippen molar-refractivity contribution >= 4 is 27.5 Å². The van der Waals surface area contributed by atoms with Crippen molar-refractivity contribution in [2.45, 2.75) is 17.5 Å². The summed E-state index contributed by atoms with van der Waals surface area (Å²) in [7, 11) is 1.33. The van der Waals surface area contributed by atoms with Gasteiger partial charge in [0.05, 0.1) is 18.4 Å². The second-order valence-corrected chi connectivity index (χ2v) is 12.8. The van der Waals surface area contributed by atoms with Crippen LogP contribution in [-0.4, -0.2) is 54.8 Å². The van der Waals surface area contributed by atoms with Gasteiger partial charge in [-0.15, -0.1) is 0 Å². The third-order valence-electron chi connectivity index (χ3n) is 5.24. The van der Waals surface area contributed by atoms with Crippen LogP contribution in [0, 0.1) is 11.6 Å². The molecule has 3 rings (SSSR count). The molecule has 0 aliphatic heterocycles. The Balaban J connectivity index is 1.98. The first-order valence-electron chi connectivity index (χ1n) is 10.4. The van der Waals surface area contributed by atoms with E-state index in [9.17, 15) is 23.2 Å². The van der Waals surface area contributed by atoms with E-state index in [-0.39, 0.29) is 16.3 Å². The Labute approximate surface area is 202 Å². The van der Waals surface area contributed by atoms with Crippen molar-refractivity contribution < 1.29 is 27.6 Å². The van der Waals surface area contributed by atoms with E-state index in [4.69, 9.17) is 9.26 Å². The number of hydrogen-bond acceptors (Lipinski definition) is 5. The number of carbonyl (C=O) groups is 2. The number of methoxy groups -OCH3 is 1. The van der Waals surface area contributed by atoms with Gasteiger partial charge >= 0.3 is 0 Å². The first-order chi connectivity index (χ1) is 16.4. The zero-order chi connectivity index (χ0) is 25.9. The Morgan fingerprint density at radius 2 is 1.77 bits per heavy atom. The molecule has 0 aliphatic rings. The Hall–Kier alpha value is -3.44. The van der Waals surface area contributed by atoms with Crippen LogP contribution in [0.25, 0.3) is 0 Å². The van der Waals surface area contributed by atoms with Crippen LogP contribution in [-0.2, 0) is 16.1 Å². The Bertz CT molecular complexity index is 1280. The van der Waals surface area contributed by atoms with Gasteiger partial charge in [-0.25, -0.2) is 18.8 Å². The summed E-state index contributed by atoms with van der Waals surface area (Å²) in [6, 6.07) is 8.40. The van der Waals surface area contributed by atoms with Crippen LogP contribution in [0.4, 0.5) is 14.5 Å². The van der Waals surface area contributed by atoms with Crippen molar-refractivity contribution in [1.29, 1.82) is 0 Å². The van der Waals surface area contributed by atoms with Crippen LogP contribution in [0.3, 0.4) is 0 Å². The summed E-state index contributed by atoms with van der Waals surface area (Å²) in [5.41, 5.74) is 0.252. The first-order valence-corrected chi connectivity index (χ1v) is 13.3. The molecule has 3 aromatic rings. The number of anilines is 1. The zero-order valence-electron chi connectivity index (χ0n) is 20.0. The fraction of sp³-hybridized carbons (Fsp3) is 0.292. The lowest BCUT2D eigenvalue weighted by atomic mass is 10.0. The molecule has 0 saturated carbocycles. The van der Waals surface area contributed by atoms with Crippen LogP contribution in [0.15, 0.2) is 56.7 Å². The van der Waals surface area contributed by atoms with E-state index in [2.05, 4.69) is 5.32 Å². The number of halogens is 2. The summed E-state index contributed by atoms with van der Waals surface area (Å²) in [5, 5.41) is 4.42. The largest absolute Gasteiger partial charge is 0.380 e. The van der Waals surface area contributed by atoms with Gasteiger partial charge < -0.3 is 19.5 Å². The van der Waals surface area contributed by atoms with Crippen LogP contribution >= 0.6 is 10.0 Å². The van der Waals surface area contributed by atoms with Crippen molar-refractivity contribution in [3.05, 3.63) is 81.3 Å². The van der Waals surface area contributed by atoms with Gasteiger partial charge in [-0.1, -0.05) is 24.3 Å². The van der Waals surface area contributed by atoms with Gasteiger partial charge in [0.1, 0.15) is 17.7 Å². The summed E-state index contributed by atoms with van der Waals surface area (Å²) >= 11 is 0. The lowest BCUT2D eigenvalue weighted by Crippen LogP contribution is -2.38. The molecular weight excluding hydrogens is 480 g/mol.